The van der Waals surface area contributed by atoms with Crippen LogP contribution in [0.25, 0.3) is 11.0 Å². The number of pyridine rings is 1. The van der Waals surface area contributed by atoms with Gasteiger partial charge in [-0.1, -0.05) is 12.8 Å². The Bertz CT molecular complexity index is 729. The molecular formula is C17H22N4O2. The minimum absolute atomic E-state index is 0.0239. The van der Waals surface area contributed by atoms with Crippen molar-refractivity contribution in [2.24, 2.45) is 10.7 Å². The number of aromatic nitrogens is 2. The lowest BCUT2D eigenvalue weighted by atomic mass is 9.93. The molecule has 6 nitrogen and oxygen atoms in total. The van der Waals surface area contributed by atoms with Gasteiger partial charge in [-0.15, -0.1) is 0 Å². The largest absolute Gasteiger partial charge is 0.393 e. The predicted molar refractivity (Wildman–Crippen MR) is 89.0 cm³/mol. The van der Waals surface area contributed by atoms with E-state index in [4.69, 9.17) is 10.5 Å². The van der Waals surface area contributed by atoms with Crippen molar-refractivity contribution in [3.8, 4) is 0 Å². The number of carbonyl (C=O) groups is 1. The Balaban J connectivity index is 1.82. The van der Waals surface area contributed by atoms with E-state index in [1.54, 1.807) is 0 Å². The molecular weight excluding hydrogens is 292 g/mol. The number of esters is 1. The van der Waals surface area contributed by atoms with Gasteiger partial charge in [0.2, 0.25) is 0 Å². The van der Waals surface area contributed by atoms with Gasteiger partial charge < -0.3 is 15.0 Å². The zero-order valence-electron chi connectivity index (χ0n) is 13.4. The number of rotatable bonds is 4. The number of nitrogens with zero attached hydrogens (tertiary/aromatic N) is 3. The fourth-order valence-corrected chi connectivity index (χ4v) is 3.55. The van der Waals surface area contributed by atoms with Crippen molar-refractivity contribution in [2.45, 2.75) is 44.6 Å². The summed E-state index contributed by atoms with van der Waals surface area (Å²) in [6.45, 7) is 1.85. The van der Waals surface area contributed by atoms with E-state index < -0.39 is 5.97 Å². The quantitative estimate of drug-likeness (QED) is 0.534. The first-order chi connectivity index (χ1) is 11.1. The predicted octanol–water partition coefficient (Wildman–Crippen LogP) is 2.57. The van der Waals surface area contributed by atoms with E-state index in [0.29, 0.717) is 6.54 Å². The van der Waals surface area contributed by atoms with Crippen molar-refractivity contribution in [2.75, 3.05) is 6.54 Å². The maximum absolute atomic E-state index is 10.9. The molecule has 0 atom stereocenters. The van der Waals surface area contributed by atoms with Gasteiger partial charge in [-0.05, 0) is 37.5 Å². The number of hydrogen-bond donors (Lipinski definition) is 1. The third kappa shape index (κ3) is 3.21. The molecule has 2 aromatic rings. The van der Waals surface area contributed by atoms with Crippen LogP contribution in [-0.2, 0) is 15.1 Å². The summed E-state index contributed by atoms with van der Waals surface area (Å²) < 4.78 is 7.08. The summed E-state index contributed by atoms with van der Waals surface area (Å²) in [6, 6.07) is 6.09. The normalized spacial score (nSPS) is 17.5. The Hall–Kier alpha value is -2.37. The second kappa shape index (κ2) is 6.40. The minimum atomic E-state index is -0.442. The first-order valence-electron chi connectivity index (χ1n) is 8.02. The van der Waals surface area contributed by atoms with Crippen molar-refractivity contribution >= 4 is 23.0 Å². The number of amidine groups is 1. The molecule has 0 unspecified atom stereocenters. The van der Waals surface area contributed by atoms with Crippen LogP contribution in [0.15, 0.2) is 35.6 Å². The van der Waals surface area contributed by atoms with Crippen molar-refractivity contribution in [3.63, 3.8) is 0 Å². The van der Waals surface area contributed by atoms with E-state index in [2.05, 4.69) is 32.9 Å². The lowest BCUT2D eigenvalue weighted by Crippen LogP contribution is -2.31. The number of carbonyl (C=O) groups excluding carboxylic acids is 1. The molecule has 0 spiro atoms. The molecule has 1 aliphatic rings. The maximum atomic E-state index is 10.9. The fourth-order valence-electron chi connectivity index (χ4n) is 3.55. The monoisotopic (exact) mass is 314 g/mol. The van der Waals surface area contributed by atoms with Crippen molar-refractivity contribution in [3.05, 3.63) is 30.6 Å². The maximum Gasteiger partial charge on any atom is 0.310 e. The summed E-state index contributed by atoms with van der Waals surface area (Å²) >= 11 is 0. The van der Waals surface area contributed by atoms with Gasteiger partial charge in [0.05, 0.1) is 0 Å². The molecule has 0 aliphatic heterocycles. The Morgan fingerprint density at radius 2 is 2.22 bits per heavy atom. The third-order valence-corrected chi connectivity index (χ3v) is 4.59. The summed E-state index contributed by atoms with van der Waals surface area (Å²) in [5, 5.41) is 1.15. The molecule has 1 aliphatic carbocycles. The smallest absolute Gasteiger partial charge is 0.310 e. The number of hydrogen-bond acceptors (Lipinski definition) is 4. The summed E-state index contributed by atoms with van der Waals surface area (Å²) in [6.07, 6.45) is 9.44. The standard InChI is InChI=1S/C17H22N4O2/c1-13(22)23-16(18)20-11-9-17(7-2-3-8-17)21-12-6-14-5-4-10-19-15(14)21/h4-6,10,12H,2-3,7-9,11H2,1H3,(H2,18,20). The second-order valence-corrected chi connectivity index (χ2v) is 6.10. The van der Waals surface area contributed by atoms with E-state index in [1.807, 2.05) is 12.3 Å². The molecule has 23 heavy (non-hydrogen) atoms. The highest BCUT2D eigenvalue weighted by Crippen LogP contribution is 2.41. The average molecular weight is 314 g/mol. The lowest BCUT2D eigenvalue weighted by Gasteiger charge is -2.31. The molecule has 122 valence electrons. The fraction of sp³-hybridized carbons (Fsp3) is 0.471. The van der Waals surface area contributed by atoms with E-state index in [0.717, 1.165) is 30.3 Å². The van der Waals surface area contributed by atoms with Crippen LogP contribution < -0.4 is 5.73 Å². The Labute approximate surface area is 135 Å². The van der Waals surface area contributed by atoms with Gasteiger partial charge >= 0.3 is 5.97 Å². The first kappa shape index (κ1) is 15.5. The highest BCUT2D eigenvalue weighted by atomic mass is 16.5. The number of fused-ring (bicyclic) bond motifs is 1. The lowest BCUT2D eigenvalue weighted by molar-refractivity contribution is -0.133. The average Bonchev–Trinajstić information content (AvgIpc) is 3.13. The highest BCUT2D eigenvalue weighted by Gasteiger charge is 2.36. The van der Waals surface area contributed by atoms with Gasteiger partial charge in [0, 0.05) is 36.8 Å². The SMILES string of the molecule is CC(=O)OC(N)=NCCC1(n2ccc3cccnc32)CCCC1. The molecule has 0 saturated heterocycles. The zero-order chi connectivity index (χ0) is 16.3. The Morgan fingerprint density at radius 3 is 2.96 bits per heavy atom. The van der Waals surface area contributed by atoms with Crippen LogP contribution in [0, 0.1) is 0 Å². The molecule has 1 saturated carbocycles. The van der Waals surface area contributed by atoms with Crippen molar-refractivity contribution < 1.29 is 9.53 Å². The molecule has 2 aromatic heterocycles. The van der Waals surface area contributed by atoms with Crippen LogP contribution in [-0.4, -0.2) is 28.1 Å². The van der Waals surface area contributed by atoms with Crippen LogP contribution in [0.1, 0.15) is 39.0 Å². The summed E-state index contributed by atoms with van der Waals surface area (Å²) in [5.41, 5.74) is 6.64. The molecule has 0 radical (unpaired) electrons. The van der Waals surface area contributed by atoms with Crippen molar-refractivity contribution in [1.29, 1.82) is 0 Å². The van der Waals surface area contributed by atoms with E-state index in [1.165, 1.54) is 19.8 Å². The molecule has 1 fully saturated rings. The van der Waals surface area contributed by atoms with E-state index in [-0.39, 0.29) is 11.6 Å². The molecule has 2 heterocycles. The minimum Gasteiger partial charge on any atom is -0.393 e. The second-order valence-electron chi connectivity index (χ2n) is 6.10. The topological polar surface area (TPSA) is 82.5 Å². The van der Waals surface area contributed by atoms with Crippen molar-refractivity contribution in [1.82, 2.24) is 9.55 Å². The van der Waals surface area contributed by atoms with Crippen LogP contribution in [0.4, 0.5) is 0 Å². The number of nitrogens with two attached hydrogens (primary N) is 1. The number of aliphatic imine (C=N–C) groups is 1. The molecule has 3 rings (SSSR count). The van der Waals surface area contributed by atoms with Crippen LogP contribution in [0.3, 0.4) is 0 Å². The van der Waals surface area contributed by atoms with Crippen LogP contribution in [0.5, 0.6) is 0 Å². The van der Waals surface area contributed by atoms with Gasteiger partial charge in [-0.25, -0.2) is 9.98 Å². The van der Waals surface area contributed by atoms with Gasteiger partial charge in [0.25, 0.3) is 6.02 Å². The van der Waals surface area contributed by atoms with Gasteiger partial charge in [0.15, 0.2) is 0 Å². The Kier molecular flexibility index (Phi) is 4.32. The Morgan fingerprint density at radius 1 is 1.43 bits per heavy atom. The van der Waals surface area contributed by atoms with Gasteiger partial charge in [0.1, 0.15) is 5.65 Å². The van der Waals surface area contributed by atoms with Crippen LogP contribution in [0.2, 0.25) is 0 Å². The van der Waals surface area contributed by atoms with E-state index >= 15 is 0 Å². The molecule has 2 N–H and O–H groups in total. The third-order valence-electron chi connectivity index (χ3n) is 4.59. The summed E-state index contributed by atoms with van der Waals surface area (Å²) in [5.74, 6) is -0.442. The molecule has 0 aromatic carbocycles. The van der Waals surface area contributed by atoms with Gasteiger partial charge in [-0.2, -0.15) is 0 Å². The van der Waals surface area contributed by atoms with Crippen LogP contribution >= 0.6 is 0 Å². The zero-order valence-corrected chi connectivity index (χ0v) is 13.4. The first-order valence-corrected chi connectivity index (χ1v) is 8.02. The molecule has 0 amide bonds. The summed E-state index contributed by atoms with van der Waals surface area (Å²) in [4.78, 5) is 19.6. The van der Waals surface area contributed by atoms with E-state index in [9.17, 15) is 4.79 Å². The molecule has 0 bridgehead atoms. The summed E-state index contributed by atoms with van der Waals surface area (Å²) in [7, 11) is 0. The highest BCUT2D eigenvalue weighted by molar-refractivity contribution is 5.85. The van der Waals surface area contributed by atoms with Gasteiger partial charge in [-0.3, -0.25) is 4.79 Å². The number of ether oxygens (including phenoxy) is 1. The molecule has 6 heteroatoms.